The Kier molecular flexibility index (Phi) is 8.32. The van der Waals surface area contributed by atoms with Gasteiger partial charge >= 0.3 is 5.97 Å². The Morgan fingerprint density at radius 2 is 2.00 bits per heavy atom. The molecule has 0 fully saturated rings. The highest BCUT2D eigenvalue weighted by Gasteiger charge is 2.34. The maximum Gasteiger partial charge on any atom is 0.337 e. The number of hydrogen-bond donors (Lipinski definition) is 1. The number of dihydropyridines is 1. The number of ether oxygens (including phenoxy) is 1. The van der Waals surface area contributed by atoms with Gasteiger partial charge in [0.25, 0.3) is 11.6 Å². The van der Waals surface area contributed by atoms with Crippen LogP contribution in [0, 0.1) is 21.4 Å². The maximum absolute atomic E-state index is 13.3. The number of carbonyl (C=O) groups excluding carboxylic acids is 2. The molecule has 1 aromatic rings. The quantitative estimate of drug-likeness (QED) is 0.278. The van der Waals surface area contributed by atoms with Gasteiger partial charge in [-0.2, -0.15) is 5.26 Å². The second kappa shape index (κ2) is 10.9. The topological polar surface area (TPSA) is 126 Å². The van der Waals surface area contributed by atoms with Crippen LogP contribution < -0.4 is 5.32 Å². The molecule has 0 radical (unpaired) electrons. The lowest BCUT2D eigenvalue weighted by molar-refractivity contribution is -0.384. The summed E-state index contributed by atoms with van der Waals surface area (Å²) in [6, 6.07) is 7.67. The minimum Gasteiger partial charge on any atom is -0.461 e. The van der Waals surface area contributed by atoms with Gasteiger partial charge in [-0.1, -0.05) is 25.1 Å². The van der Waals surface area contributed by atoms with Crippen LogP contribution >= 0.6 is 0 Å². The van der Waals surface area contributed by atoms with Crippen molar-refractivity contribution in [2.45, 2.75) is 45.6 Å². The van der Waals surface area contributed by atoms with Crippen LogP contribution in [0.4, 0.5) is 5.69 Å². The summed E-state index contributed by atoms with van der Waals surface area (Å²) < 4.78 is 5.24. The number of nitro benzene ring substituents is 1. The van der Waals surface area contributed by atoms with Crippen LogP contribution in [0.15, 0.2) is 47.8 Å². The molecule has 9 heteroatoms. The fourth-order valence-corrected chi connectivity index (χ4v) is 3.33. The number of esters is 1. The number of allylic oxidation sites excluding steroid dienone is 1. The molecule has 1 aliphatic heterocycles. The van der Waals surface area contributed by atoms with Crippen LogP contribution in [-0.2, 0) is 14.3 Å². The van der Waals surface area contributed by atoms with Crippen LogP contribution in [0.2, 0.25) is 0 Å². The van der Waals surface area contributed by atoms with E-state index in [2.05, 4.69) is 5.32 Å². The largest absolute Gasteiger partial charge is 0.461 e. The van der Waals surface area contributed by atoms with E-state index in [4.69, 9.17) is 10.00 Å². The fraction of sp³-hybridized carbons (Fsp3) is 0.409. The first kappa shape index (κ1) is 23.6. The third kappa shape index (κ3) is 5.48. The molecular formula is C22H26N4O5. The highest BCUT2D eigenvalue weighted by molar-refractivity contribution is 6.04. The summed E-state index contributed by atoms with van der Waals surface area (Å²) in [4.78, 5) is 38.4. The molecule has 2 rings (SSSR count). The number of nitrogens with zero attached hydrogens (tertiary/aromatic N) is 3. The van der Waals surface area contributed by atoms with Crippen molar-refractivity contribution >= 4 is 17.6 Å². The summed E-state index contributed by atoms with van der Waals surface area (Å²) in [5.74, 6) is -1.68. The van der Waals surface area contributed by atoms with Crippen molar-refractivity contribution in [3.8, 4) is 6.07 Å². The van der Waals surface area contributed by atoms with Gasteiger partial charge < -0.3 is 15.0 Å². The molecule has 2 unspecified atom stereocenters. The van der Waals surface area contributed by atoms with E-state index in [-0.39, 0.29) is 41.9 Å². The van der Waals surface area contributed by atoms with E-state index in [1.54, 1.807) is 29.3 Å². The molecule has 1 amide bonds. The zero-order valence-corrected chi connectivity index (χ0v) is 17.8. The summed E-state index contributed by atoms with van der Waals surface area (Å²) in [5.41, 5.74) is 0.748. The number of nitrogens with one attached hydrogen (secondary N) is 1. The van der Waals surface area contributed by atoms with Crippen molar-refractivity contribution in [3.63, 3.8) is 0 Å². The monoisotopic (exact) mass is 426 g/mol. The molecule has 0 bridgehead atoms. The Balaban J connectivity index is 2.52. The Bertz CT molecular complexity index is 930. The lowest BCUT2D eigenvalue weighted by Crippen LogP contribution is -2.43. The van der Waals surface area contributed by atoms with Gasteiger partial charge in [0.2, 0.25) is 0 Å². The third-order valence-electron chi connectivity index (χ3n) is 5.16. The Hall–Kier alpha value is -3.67. The van der Waals surface area contributed by atoms with Crippen LogP contribution in [-0.4, -0.2) is 40.9 Å². The highest BCUT2D eigenvalue weighted by Crippen LogP contribution is 2.33. The van der Waals surface area contributed by atoms with Gasteiger partial charge in [0, 0.05) is 30.6 Å². The third-order valence-corrected chi connectivity index (χ3v) is 5.16. The number of nitriles is 1. The van der Waals surface area contributed by atoms with Gasteiger partial charge in [0.05, 0.1) is 23.0 Å². The number of nitro groups is 1. The predicted octanol–water partition coefficient (Wildman–Crippen LogP) is 3.15. The SMILES string of the molecule is CCC(C)N(CC)C(=O)C1=C(C(=O)OCCC#N)C(c2ccc([N+](=O)[O-])cc2)C=CN1. The van der Waals surface area contributed by atoms with Gasteiger partial charge in [0.15, 0.2) is 0 Å². The number of hydrogen-bond acceptors (Lipinski definition) is 7. The van der Waals surface area contributed by atoms with Crippen molar-refractivity contribution in [1.29, 1.82) is 5.26 Å². The van der Waals surface area contributed by atoms with E-state index in [1.165, 1.54) is 12.1 Å². The number of rotatable bonds is 9. The number of carbonyl (C=O) groups is 2. The Morgan fingerprint density at radius 3 is 2.55 bits per heavy atom. The van der Waals surface area contributed by atoms with Gasteiger partial charge in [-0.3, -0.25) is 14.9 Å². The van der Waals surface area contributed by atoms with E-state index >= 15 is 0 Å². The van der Waals surface area contributed by atoms with E-state index in [1.807, 2.05) is 26.8 Å². The molecular weight excluding hydrogens is 400 g/mol. The summed E-state index contributed by atoms with van der Waals surface area (Å²) in [5, 5.41) is 22.6. The molecule has 31 heavy (non-hydrogen) atoms. The number of non-ortho nitro benzene ring substituents is 1. The van der Waals surface area contributed by atoms with Crippen molar-refractivity contribution in [2.75, 3.05) is 13.2 Å². The van der Waals surface area contributed by atoms with Crippen LogP contribution in [0.25, 0.3) is 0 Å². The summed E-state index contributed by atoms with van der Waals surface area (Å²) in [6.07, 6.45) is 4.05. The molecule has 9 nitrogen and oxygen atoms in total. The normalized spacial score (nSPS) is 16.1. The number of likely N-dealkylation sites (N-methyl/N-ethyl adjacent to an activating group) is 1. The zero-order valence-electron chi connectivity index (χ0n) is 17.8. The van der Waals surface area contributed by atoms with E-state index in [9.17, 15) is 19.7 Å². The van der Waals surface area contributed by atoms with Crippen molar-refractivity contribution < 1.29 is 19.2 Å². The first-order valence-corrected chi connectivity index (χ1v) is 10.1. The van der Waals surface area contributed by atoms with E-state index in [0.29, 0.717) is 12.1 Å². The first-order valence-electron chi connectivity index (χ1n) is 10.1. The minimum atomic E-state index is -0.709. The number of amides is 1. The lowest BCUT2D eigenvalue weighted by atomic mass is 9.87. The molecule has 0 aliphatic carbocycles. The standard InChI is InChI=1S/C22H26N4O5/c1-4-15(3)25(5-2)21(27)20-19(22(28)31-14-6-12-23)18(11-13-24-20)16-7-9-17(10-8-16)26(29)30/h7-11,13,15,18,24H,4-6,14H2,1-3H3. The van der Waals surface area contributed by atoms with Crippen molar-refractivity contribution in [3.05, 3.63) is 63.5 Å². The van der Waals surface area contributed by atoms with Crippen molar-refractivity contribution in [1.82, 2.24) is 10.2 Å². The molecule has 0 saturated heterocycles. The summed E-state index contributed by atoms with van der Waals surface area (Å²) >= 11 is 0. The molecule has 1 heterocycles. The van der Waals surface area contributed by atoms with Gasteiger partial charge in [0.1, 0.15) is 12.3 Å². The lowest BCUT2D eigenvalue weighted by Gasteiger charge is -2.31. The van der Waals surface area contributed by atoms with Crippen molar-refractivity contribution in [2.24, 2.45) is 0 Å². The van der Waals surface area contributed by atoms with Crippen LogP contribution in [0.3, 0.4) is 0 Å². The average Bonchev–Trinajstić information content (AvgIpc) is 2.78. The van der Waals surface area contributed by atoms with Gasteiger partial charge in [-0.15, -0.1) is 0 Å². The molecule has 164 valence electrons. The molecule has 0 spiro atoms. The minimum absolute atomic E-state index is 0.0295. The van der Waals surface area contributed by atoms with E-state index < -0.39 is 16.8 Å². The summed E-state index contributed by atoms with van der Waals surface area (Å²) in [6.45, 7) is 6.13. The second-order valence-electron chi connectivity index (χ2n) is 7.01. The molecule has 1 N–H and O–H groups in total. The van der Waals surface area contributed by atoms with E-state index in [0.717, 1.165) is 6.42 Å². The predicted molar refractivity (Wildman–Crippen MR) is 113 cm³/mol. The maximum atomic E-state index is 13.3. The molecule has 1 aliphatic rings. The molecule has 2 atom stereocenters. The Labute approximate surface area is 181 Å². The van der Waals surface area contributed by atoms with Crippen LogP contribution in [0.5, 0.6) is 0 Å². The van der Waals surface area contributed by atoms with Gasteiger partial charge in [-0.05, 0) is 32.0 Å². The highest BCUT2D eigenvalue weighted by atomic mass is 16.6. The van der Waals surface area contributed by atoms with Crippen LogP contribution in [0.1, 0.15) is 45.1 Å². The molecule has 0 saturated carbocycles. The Morgan fingerprint density at radius 1 is 1.32 bits per heavy atom. The first-order chi connectivity index (χ1) is 14.8. The smallest absolute Gasteiger partial charge is 0.337 e. The number of benzene rings is 1. The molecule has 0 aromatic heterocycles. The molecule has 1 aromatic carbocycles. The zero-order chi connectivity index (χ0) is 23.0. The summed E-state index contributed by atoms with van der Waals surface area (Å²) in [7, 11) is 0. The second-order valence-corrected chi connectivity index (χ2v) is 7.01. The fourth-order valence-electron chi connectivity index (χ4n) is 3.33. The van der Waals surface area contributed by atoms with Gasteiger partial charge in [-0.25, -0.2) is 4.79 Å². The average molecular weight is 426 g/mol.